The number of nitrogens with two attached hydrogens (primary N) is 1. The fraction of sp³-hybridized carbons (Fsp3) is 0.667. The molecule has 0 fully saturated rings. The number of hydrogen-bond acceptors (Lipinski definition) is 5. The summed E-state index contributed by atoms with van der Waals surface area (Å²) >= 11 is 0. The zero-order valence-corrected chi connectivity index (χ0v) is 12.0. The van der Waals surface area contributed by atoms with Crippen molar-refractivity contribution in [1.82, 2.24) is 9.97 Å². The minimum absolute atomic E-state index is 0.0532. The van der Waals surface area contributed by atoms with Gasteiger partial charge in [0.05, 0.1) is 6.42 Å². The van der Waals surface area contributed by atoms with Crippen LogP contribution in [0.25, 0.3) is 0 Å². The van der Waals surface area contributed by atoms with Gasteiger partial charge in [-0.3, -0.25) is 0 Å². The third-order valence-electron chi connectivity index (χ3n) is 2.88. The second-order valence-electron chi connectivity index (χ2n) is 4.96. The first-order valence-corrected chi connectivity index (χ1v) is 6.28. The van der Waals surface area contributed by atoms with Gasteiger partial charge in [-0.1, -0.05) is 13.8 Å². The molecule has 1 aromatic rings. The van der Waals surface area contributed by atoms with E-state index in [0.29, 0.717) is 23.0 Å². The Hall–Kier alpha value is -1.57. The van der Waals surface area contributed by atoms with Crippen molar-refractivity contribution in [3.05, 3.63) is 11.4 Å². The molecule has 0 aromatic carbocycles. The van der Waals surface area contributed by atoms with E-state index in [1.807, 2.05) is 13.8 Å². The maximum Gasteiger partial charge on any atom is 0.390 e. The monoisotopic (exact) mass is 291 g/mol. The number of nitrogen functional groups attached to an aromatic ring is 1. The first kappa shape index (κ1) is 16.5. The Morgan fingerprint density at radius 1 is 1.30 bits per heavy atom. The van der Waals surface area contributed by atoms with Crippen molar-refractivity contribution in [3.8, 4) is 0 Å². The number of rotatable bonds is 5. The Labute approximate surface area is 116 Å². The summed E-state index contributed by atoms with van der Waals surface area (Å²) in [7, 11) is 1.57. The first-order valence-electron chi connectivity index (χ1n) is 6.28. The number of aromatic nitrogens is 2. The van der Waals surface area contributed by atoms with Crippen molar-refractivity contribution < 1.29 is 13.2 Å². The summed E-state index contributed by atoms with van der Waals surface area (Å²) in [6.07, 6.45) is -5.08. The van der Waals surface area contributed by atoms with Gasteiger partial charge in [0.25, 0.3) is 0 Å². The van der Waals surface area contributed by atoms with Crippen LogP contribution < -0.4 is 16.2 Å². The minimum atomic E-state index is -4.19. The summed E-state index contributed by atoms with van der Waals surface area (Å²) in [6, 6.07) is 0. The predicted molar refractivity (Wildman–Crippen MR) is 72.6 cm³/mol. The lowest BCUT2D eigenvalue weighted by atomic mass is 10.2. The maximum atomic E-state index is 12.3. The topological polar surface area (TPSA) is 67.1 Å². The lowest BCUT2D eigenvalue weighted by Gasteiger charge is -2.23. The smallest absolute Gasteiger partial charge is 0.359 e. The Balaban J connectivity index is 3.06. The molecule has 0 spiro atoms. The molecule has 5 nitrogen and oxygen atoms in total. The van der Waals surface area contributed by atoms with E-state index in [2.05, 4.69) is 15.4 Å². The third-order valence-corrected chi connectivity index (χ3v) is 2.88. The summed E-state index contributed by atoms with van der Waals surface area (Å²) in [6.45, 7) is 5.37. The molecule has 0 bridgehead atoms. The SMILES string of the molecule is Cc1c(NN)nc(C(C)C)nc1N(C)CCC(F)(F)F. The van der Waals surface area contributed by atoms with Gasteiger partial charge in [0, 0.05) is 25.1 Å². The average Bonchev–Trinajstić information content (AvgIpc) is 2.35. The number of hydrazine groups is 1. The molecule has 0 unspecified atom stereocenters. The van der Waals surface area contributed by atoms with Crippen molar-refractivity contribution in [2.24, 2.45) is 5.84 Å². The van der Waals surface area contributed by atoms with Gasteiger partial charge >= 0.3 is 6.18 Å². The highest BCUT2D eigenvalue weighted by Crippen LogP contribution is 2.26. The molecular formula is C12H20F3N5. The lowest BCUT2D eigenvalue weighted by Crippen LogP contribution is -2.27. The Morgan fingerprint density at radius 3 is 2.35 bits per heavy atom. The molecular weight excluding hydrogens is 271 g/mol. The molecule has 114 valence electrons. The van der Waals surface area contributed by atoms with Crippen LogP contribution in [0.5, 0.6) is 0 Å². The summed E-state index contributed by atoms with van der Waals surface area (Å²) in [4.78, 5) is 10.0. The summed E-state index contributed by atoms with van der Waals surface area (Å²) in [5.74, 6) is 6.87. The highest BCUT2D eigenvalue weighted by molar-refractivity contribution is 5.58. The van der Waals surface area contributed by atoms with Crippen molar-refractivity contribution >= 4 is 11.6 Å². The molecule has 1 rings (SSSR count). The zero-order valence-electron chi connectivity index (χ0n) is 12.0. The van der Waals surface area contributed by atoms with Crippen LogP contribution in [0.3, 0.4) is 0 Å². The van der Waals surface area contributed by atoms with Crippen LogP contribution in [0.15, 0.2) is 0 Å². The number of nitrogens with zero attached hydrogens (tertiary/aromatic N) is 3. The number of anilines is 2. The van der Waals surface area contributed by atoms with Crippen molar-refractivity contribution in [1.29, 1.82) is 0 Å². The van der Waals surface area contributed by atoms with Gasteiger partial charge in [-0.2, -0.15) is 13.2 Å². The standard InChI is InChI=1S/C12H20F3N5/c1-7(2)9-17-10(19-16)8(3)11(18-9)20(4)6-5-12(13,14)15/h7H,5-6,16H2,1-4H3,(H,17,18,19). The largest absolute Gasteiger partial charge is 0.390 e. The number of alkyl halides is 3. The highest BCUT2D eigenvalue weighted by atomic mass is 19.4. The Bertz CT molecular complexity index is 459. The molecule has 0 aliphatic heterocycles. The molecule has 0 radical (unpaired) electrons. The van der Waals surface area contributed by atoms with Gasteiger partial charge < -0.3 is 10.3 Å². The predicted octanol–water partition coefficient (Wildman–Crippen LogP) is 2.58. The van der Waals surface area contributed by atoms with E-state index in [0.717, 1.165) is 0 Å². The highest BCUT2D eigenvalue weighted by Gasteiger charge is 2.28. The number of halogens is 3. The van der Waals surface area contributed by atoms with E-state index in [9.17, 15) is 13.2 Å². The average molecular weight is 291 g/mol. The quantitative estimate of drug-likeness (QED) is 0.644. The van der Waals surface area contributed by atoms with Crippen molar-refractivity contribution in [2.75, 3.05) is 23.9 Å². The van der Waals surface area contributed by atoms with Crippen LogP contribution in [0.2, 0.25) is 0 Å². The molecule has 1 aromatic heterocycles. The Kier molecular flexibility index (Phi) is 5.15. The van der Waals surface area contributed by atoms with Crippen LogP contribution in [0.1, 0.15) is 37.6 Å². The molecule has 0 aliphatic carbocycles. The fourth-order valence-corrected chi connectivity index (χ4v) is 1.69. The van der Waals surface area contributed by atoms with Gasteiger partial charge in [-0.05, 0) is 6.92 Å². The summed E-state index contributed by atoms with van der Waals surface area (Å²) in [5, 5.41) is 0. The molecule has 1 heterocycles. The normalized spacial score (nSPS) is 11.8. The van der Waals surface area contributed by atoms with E-state index < -0.39 is 12.6 Å². The van der Waals surface area contributed by atoms with Crippen LogP contribution >= 0.6 is 0 Å². The molecule has 0 saturated carbocycles. The van der Waals surface area contributed by atoms with Crippen molar-refractivity contribution in [2.45, 2.75) is 39.3 Å². The molecule has 8 heteroatoms. The molecule has 0 atom stereocenters. The molecule has 3 N–H and O–H groups in total. The molecule has 0 saturated heterocycles. The molecule has 0 aliphatic rings. The number of hydrogen-bond donors (Lipinski definition) is 2. The van der Waals surface area contributed by atoms with Crippen molar-refractivity contribution in [3.63, 3.8) is 0 Å². The lowest BCUT2D eigenvalue weighted by molar-refractivity contribution is -0.132. The maximum absolute atomic E-state index is 12.3. The van der Waals surface area contributed by atoms with Crippen LogP contribution in [0, 0.1) is 6.92 Å². The van der Waals surface area contributed by atoms with E-state index in [4.69, 9.17) is 5.84 Å². The first-order chi connectivity index (χ1) is 9.15. The second kappa shape index (κ2) is 6.25. The van der Waals surface area contributed by atoms with E-state index in [1.54, 1.807) is 14.0 Å². The molecule has 0 amide bonds. The second-order valence-corrected chi connectivity index (χ2v) is 4.96. The van der Waals surface area contributed by atoms with E-state index >= 15 is 0 Å². The fourth-order valence-electron chi connectivity index (χ4n) is 1.69. The summed E-state index contributed by atoms with van der Waals surface area (Å²) in [5.41, 5.74) is 3.08. The van der Waals surface area contributed by atoms with Crippen LogP contribution in [-0.2, 0) is 0 Å². The number of nitrogens with one attached hydrogen (secondary N) is 1. The van der Waals surface area contributed by atoms with Gasteiger partial charge in [0.2, 0.25) is 0 Å². The van der Waals surface area contributed by atoms with E-state index in [-0.39, 0.29) is 12.5 Å². The van der Waals surface area contributed by atoms with Gasteiger partial charge in [-0.25, -0.2) is 15.8 Å². The zero-order chi connectivity index (χ0) is 15.5. The van der Waals surface area contributed by atoms with Crippen LogP contribution in [-0.4, -0.2) is 29.7 Å². The summed E-state index contributed by atoms with van der Waals surface area (Å²) < 4.78 is 36.9. The van der Waals surface area contributed by atoms with Gasteiger partial charge in [0.15, 0.2) is 0 Å². The minimum Gasteiger partial charge on any atom is -0.359 e. The van der Waals surface area contributed by atoms with Gasteiger partial charge in [0.1, 0.15) is 17.5 Å². The van der Waals surface area contributed by atoms with Gasteiger partial charge in [-0.15, -0.1) is 0 Å². The van der Waals surface area contributed by atoms with Crippen LogP contribution in [0.4, 0.5) is 24.8 Å². The Morgan fingerprint density at radius 2 is 1.90 bits per heavy atom. The molecule has 20 heavy (non-hydrogen) atoms. The van der Waals surface area contributed by atoms with E-state index in [1.165, 1.54) is 4.90 Å². The third kappa shape index (κ3) is 4.22.